The van der Waals surface area contributed by atoms with Crippen molar-refractivity contribution in [3.8, 4) is 0 Å². The van der Waals surface area contributed by atoms with E-state index in [4.69, 9.17) is 5.73 Å². The number of nitrogens with one attached hydrogen (secondary N) is 10. The van der Waals surface area contributed by atoms with Gasteiger partial charge in [-0.05, 0) is 67.3 Å². The molecule has 71 heavy (non-hydrogen) atoms. The van der Waals surface area contributed by atoms with Crippen LogP contribution in [-0.4, -0.2) is 150 Å². The molecule has 0 heterocycles. The van der Waals surface area contributed by atoms with Crippen LogP contribution in [-0.2, 0) is 52.7 Å². The van der Waals surface area contributed by atoms with Crippen LogP contribution in [0.2, 0.25) is 0 Å². The van der Waals surface area contributed by atoms with E-state index in [-0.39, 0.29) is 30.6 Å². The molecule has 24 heteroatoms. The lowest BCUT2D eigenvalue weighted by atomic mass is 9.94. The van der Waals surface area contributed by atoms with Gasteiger partial charge in [-0.15, -0.1) is 0 Å². The molecule has 10 amide bonds. The van der Waals surface area contributed by atoms with Crippen LogP contribution in [0.25, 0.3) is 0 Å². The fraction of sp³-hybridized carbons (Fsp3) is 0.766. The Labute approximate surface area is 423 Å². The third-order valence-electron chi connectivity index (χ3n) is 11.6. The summed E-state index contributed by atoms with van der Waals surface area (Å²) in [5.74, 6) is -9.79. The molecule has 0 fully saturated rings. The van der Waals surface area contributed by atoms with Gasteiger partial charge in [0.1, 0.15) is 42.3 Å². The van der Waals surface area contributed by atoms with Crippen LogP contribution in [0, 0.1) is 35.5 Å². The number of rotatable bonds is 33. The minimum absolute atomic E-state index is 0.113. The number of carboxylic acids is 1. The lowest BCUT2D eigenvalue weighted by Gasteiger charge is -2.29. The van der Waals surface area contributed by atoms with Crippen molar-refractivity contribution >= 4 is 76.8 Å². The number of carbonyl (C=O) groups is 11. The van der Waals surface area contributed by atoms with Crippen molar-refractivity contribution in [1.29, 1.82) is 0 Å². The van der Waals surface area contributed by atoms with Gasteiger partial charge in [0, 0.05) is 0 Å². The molecule has 23 nitrogen and oxygen atoms in total. The molecule has 0 aromatic carbocycles. The van der Waals surface area contributed by atoms with E-state index in [1.165, 1.54) is 18.7 Å². The number of carbonyl (C=O) groups excluding carboxylic acids is 10. The highest BCUT2D eigenvalue weighted by Gasteiger charge is 2.35. The summed E-state index contributed by atoms with van der Waals surface area (Å²) in [6.45, 7) is 20.5. The monoisotopic (exact) mass is 1030 g/mol. The Hall–Kier alpha value is -5.52. The molecule has 0 bridgehead atoms. The maximum absolute atomic E-state index is 13.8. The van der Waals surface area contributed by atoms with Gasteiger partial charge in [-0.1, -0.05) is 95.9 Å². The summed E-state index contributed by atoms with van der Waals surface area (Å²) in [6, 6.07) is -8.68. The molecule has 0 radical (unpaired) electrons. The van der Waals surface area contributed by atoms with E-state index in [9.17, 15) is 57.8 Å². The van der Waals surface area contributed by atoms with Crippen LogP contribution in [0.4, 0.5) is 0 Å². The summed E-state index contributed by atoms with van der Waals surface area (Å²) in [6.07, 6.45) is 3.12. The van der Waals surface area contributed by atoms with Crippen LogP contribution >= 0.6 is 11.8 Å². The van der Waals surface area contributed by atoms with Gasteiger partial charge in [-0.3, -0.25) is 47.9 Å². The number of amides is 10. The third-order valence-corrected chi connectivity index (χ3v) is 12.3. The van der Waals surface area contributed by atoms with Crippen LogP contribution < -0.4 is 58.9 Å². The molecule has 0 aliphatic carbocycles. The van der Waals surface area contributed by atoms with Gasteiger partial charge in [0.2, 0.25) is 59.1 Å². The fourth-order valence-corrected chi connectivity index (χ4v) is 7.23. The molecule has 0 aliphatic heterocycles. The first kappa shape index (κ1) is 65.5. The maximum Gasteiger partial charge on any atom is 0.326 e. The number of aliphatic carboxylic acids is 1. The molecule has 0 aliphatic rings. The molecule has 10 atom stereocenters. The third kappa shape index (κ3) is 24.4. The topological polar surface area (TPSA) is 354 Å². The summed E-state index contributed by atoms with van der Waals surface area (Å²) >= 11 is 1.40. The Morgan fingerprint density at radius 3 is 1.31 bits per heavy atom. The smallest absolute Gasteiger partial charge is 0.326 e. The second-order valence-electron chi connectivity index (χ2n) is 19.4. The Bertz CT molecular complexity index is 1820. The minimum Gasteiger partial charge on any atom is -0.480 e. The Morgan fingerprint density at radius 1 is 0.451 bits per heavy atom. The first-order chi connectivity index (χ1) is 33.0. The number of carboxylic acid groups (broad SMARTS) is 1. The van der Waals surface area contributed by atoms with E-state index in [1.54, 1.807) is 61.6 Å². The Balaban J connectivity index is 5.82. The Kier molecular flexibility index (Phi) is 30.6. The average Bonchev–Trinajstić information content (AvgIpc) is 3.29. The lowest BCUT2D eigenvalue weighted by molar-refractivity contribution is -0.143. The fourth-order valence-electron chi connectivity index (χ4n) is 6.76. The summed E-state index contributed by atoms with van der Waals surface area (Å²) < 4.78 is 0. The van der Waals surface area contributed by atoms with Crippen LogP contribution in [0.15, 0.2) is 0 Å². The van der Waals surface area contributed by atoms with Gasteiger partial charge in [0.15, 0.2) is 0 Å². The number of nitrogens with two attached hydrogens (primary N) is 1. The molecule has 0 aromatic heterocycles. The normalized spacial score (nSPS) is 15.5. The maximum atomic E-state index is 13.8. The van der Waals surface area contributed by atoms with E-state index >= 15 is 0 Å². The summed E-state index contributed by atoms with van der Waals surface area (Å²) in [7, 11) is 0. The lowest BCUT2D eigenvalue weighted by Crippen LogP contribution is -2.60. The largest absolute Gasteiger partial charge is 0.480 e. The highest BCUT2D eigenvalue weighted by Crippen LogP contribution is 2.14. The molecule has 0 aromatic rings. The van der Waals surface area contributed by atoms with Crippen molar-refractivity contribution in [1.82, 2.24) is 53.2 Å². The predicted molar refractivity (Wildman–Crippen MR) is 270 cm³/mol. The molecule has 0 saturated heterocycles. The molecule has 0 rings (SSSR count). The zero-order valence-electron chi connectivity index (χ0n) is 44.2. The zero-order valence-corrected chi connectivity index (χ0v) is 45.0. The van der Waals surface area contributed by atoms with E-state index < -0.39 is 151 Å². The highest BCUT2D eigenvalue weighted by molar-refractivity contribution is 7.98. The van der Waals surface area contributed by atoms with E-state index in [0.717, 1.165) is 0 Å². The molecule has 0 unspecified atom stereocenters. The van der Waals surface area contributed by atoms with E-state index in [2.05, 4.69) is 53.2 Å². The van der Waals surface area contributed by atoms with Gasteiger partial charge in [0.05, 0.1) is 25.7 Å². The predicted octanol–water partition coefficient (Wildman–Crippen LogP) is -0.980. The quantitative estimate of drug-likeness (QED) is 0.0376. The second-order valence-corrected chi connectivity index (χ2v) is 20.4. The van der Waals surface area contributed by atoms with Gasteiger partial charge in [-0.2, -0.15) is 11.8 Å². The van der Waals surface area contributed by atoms with Crippen molar-refractivity contribution in [3.05, 3.63) is 0 Å². The molecule has 13 N–H and O–H groups in total. The summed E-state index contributed by atoms with van der Waals surface area (Å²) in [5, 5.41) is 35.1. The second kappa shape index (κ2) is 33.2. The van der Waals surface area contributed by atoms with E-state index in [1.807, 2.05) is 27.7 Å². The van der Waals surface area contributed by atoms with Gasteiger partial charge in [-0.25, -0.2) is 4.79 Å². The van der Waals surface area contributed by atoms with Crippen LogP contribution in [0.1, 0.15) is 116 Å². The first-order valence-electron chi connectivity index (χ1n) is 24.4. The van der Waals surface area contributed by atoms with Gasteiger partial charge >= 0.3 is 5.97 Å². The SMILES string of the molecule is CC[C@H](C)[C@H](NC(=O)[C@H](C)N)C(=O)N[C@H](C(=O)NCC(=O)N[C@@H](CC(C)C)C(=O)N[C@@H](CCSC)C(=O)N[C@H](C(=O)NCC(=O)NCC(=O)N[C@H](C(=O)N[C@H](C(=O)O)C(C)C)C(C)C)C(C)C)[C@@H](C)CC. The number of hydrogen-bond acceptors (Lipinski definition) is 13. The van der Waals surface area contributed by atoms with Gasteiger partial charge in [0.25, 0.3) is 0 Å². The van der Waals surface area contributed by atoms with Crippen molar-refractivity contribution < 1.29 is 57.8 Å². The minimum atomic E-state index is -1.23. The van der Waals surface area contributed by atoms with Crippen molar-refractivity contribution in [2.75, 3.05) is 31.6 Å². The standard InChI is InChI=1S/C47H85N11O12S/c1-15-27(11)38(58-46(68)39(28(12)16-2)57-40(62)29(13)48)44(66)51-22-33(60)52-31(19-23(3)4)42(64)53-30(17-18-71-14)41(63)55-35(24(5)6)43(65)50-20-32(59)49-21-34(61)54-36(25(7)8)45(67)56-37(26(9)10)47(69)70/h23-31,35-39H,15-22,48H2,1-14H3,(H,49,59)(H,50,65)(H,51,66)(H,52,60)(H,53,64)(H,54,61)(H,55,63)(H,56,67)(H,57,62)(H,58,68)(H,69,70)/t27-,28-,29-,30-,31-,35-,36-,37-,38-,39-/m0/s1. The first-order valence-corrected chi connectivity index (χ1v) is 25.8. The number of hydrogen-bond donors (Lipinski definition) is 12. The molecule has 0 saturated carbocycles. The summed E-state index contributed by atoms with van der Waals surface area (Å²) in [5.41, 5.74) is 5.71. The van der Waals surface area contributed by atoms with E-state index in [0.29, 0.717) is 18.6 Å². The van der Waals surface area contributed by atoms with Crippen molar-refractivity contribution in [2.24, 2.45) is 41.2 Å². The van der Waals surface area contributed by atoms with Gasteiger partial charge < -0.3 is 64.0 Å². The van der Waals surface area contributed by atoms with Crippen LogP contribution in [0.3, 0.4) is 0 Å². The summed E-state index contributed by atoms with van der Waals surface area (Å²) in [4.78, 5) is 143. The average molecular weight is 1030 g/mol. The highest BCUT2D eigenvalue weighted by atomic mass is 32.2. The van der Waals surface area contributed by atoms with Crippen molar-refractivity contribution in [2.45, 2.75) is 164 Å². The van der Waals surface area contributed by atoms with Crippen molar-refractivity contribution in [3.63, 3.8) is 0 Å². The zero-order chi connectivity index (χ0) is 54.9. The molecular formula is C47H85N11O12S. The van der Waals surface area contributed by atoms with Crippen LogP contribution in [0.5, 0.6) is 0 Å². The number of thioether (sulfide) groups is 1. The molecule has 0 spiro atoms. The molecular weight excluding hydrogens is 943 g/mol. The molecule has 406 valence electrons. The Morgan fingerprint density at radius 2 is 0.845 bits per heavy atom.